The van der Waals surface area contributed by atoms with E-state index < -0.39 is 0 Å². The first-order valence-corrected chi connectivity index (χ1v) is 4.95. The molecule has 0 bridgehead atoms. The van der Waals surface area contributed by atoms with Crippen LogP contribution in [0.1, 0.15) is 5.56 Å². The largest absolute Gasteiger partial charge is 0.256 e. The molecule has 2 heteroatoms. The van der Waals surface area contributed by atoms with Gasteiger partial charge in [0.25, 0.3) is 0 Å². The quantitative estimate of drug-likeness (QED) is 0.514. The number of fused-ring (bicyclic) bond motifs is 2. The molecule has 3 rings (SSSR count). The Hall–Kier alpha value is -1.96. The SMILES string of the molecule is Cc1c2cccnc2cc2cccnc12. The molecule has 2 aromatic heterocycles. The number of rotatable bonds is 0. The highest BCUT2D eigenvalue weighted by Gasteiger charge is 2.03. The van der Waals surface area contributed by atoms with Crippen LogP contribution in [0.2, 0.25) is 0 Å². The standard InChI is InChI=1S/C13H10N2/c1-9-11-5-3-6-14-12(11)8-10-4-2-7-15-13(9)10/h2-8H,1H3. The lowest BCUT2D eigenvalue weighted by atomic mass is 10.1. The van der Waals surface area contributed by atoms with Crippen LogP contribution < -0.4 is 0 Å². The van der Waals surface area contributed by atoms with Crippen molar-refractivity contribution >= 4 is 21.8 Å². The number of aromatic nitrogens is 2. The van der Waals surface area contributed by atoms with Crippen LogP contribution in [-0.4, -0.2) is 9.97 Å². The number of hydrogen-bond donors (Lipinski definition) is 0. The summed E-state index contributed by atoms with van der Waals surface area (Å²) < 4.78 is 0. The molecular formula is C13H10N2. The molecule has 0 aliphatic rings. The molecule has 0 saturated heterocycles. The molecule has 0 atom stereocenters. The fourth-order valence-corrected chi connectivity index (χ4v) is 1.97. The molecule has 15 heavy (non-hydrogen) atoms. The molecule has 0 spiro atoms. The zero-order valence-electron chi connectivity index (χ0n) is 8.44. The van der Waals surface area contributed by atoms with Gasteiger partial charge in [-0.2, -0.15) is 0 Å². The smallest absolute Gasteiger partial charge is 0.0738 e. The second-order valence-corrected chi connectivity index (χ2v) is 3.65. The number of benzene rings is 1. The van der Waals surface area contributed by atoms with Crippen molar-refractivity contribution in [1.82, 2.24) is 9.97 Å². The third kappa shape index (κ3) is 1.18. The van der Waals surface area contributed by atoms with E-state index in [0.717, 1.165) is 16.4 Å². The van der Waals surface area contributed by atoms with Gasteiger partial charge in [-0.15, -0.1) is 0 Å². The van der Waals surface area contributed by atoms with Crippen molar-refractivity contribution in [2.24, 2.45) is 0 Å². The first-order valence-electron chi connectivity index (χ1n) is 4.95. The maximum atomic E-state index is 4.40. The van der Waals surface area contributed by atoms with Crippen molar-refractivity contribution in [3.63, 3.8) is 0 Å². The average Bonchev–Trinajstić information content (AvgIpc) is 2.30. The molecule has 2 nitrogen and oxygen atoms in total. The number of hydrogen-bond acceptors (Lipinski definition) is 2. The van der Waals surface area contributed by atoms with Gasteiger partial charge in [-0.25, -0.2) is 0 Å². The highest BCUT2D eigenvalue weighted by Crippen LogP contribution is 2.24. The van der Waals surface area contributed by atoms with Gasteiger partial charge in [0, 0.05) is 23.2 Å². The van der Waals surface area contributed by atoms with Crippen LogP contribution in [0.3, 0.4) is 0 Å². The topological polar surface area (TPSA) is 25.8 Å². The number of nitrogens with zero attached hydrogens (tertiary/aromatic N) is 2. The van der Waals surface area contributed by atoms with E-state index in [-0.39, 0.29) is 0 Å². The fourth-order valence-electron chi connectivity index (χ4n) is 1.97. The van der Waals surface area contributed by atoms with Gasteiger partial charge in [-0.3, -0.25) is 9.97 Å². The van der Waals surface area contributed by atoms with Gasteiger partial charge in [0.1, 0.15) is 0 Å². The zero-order chi connectivity index (χ0) is 10.3. The van der Waals surface area contributed by atoms with Crippen LogP contribution in [0, 0.1) is 6.92 Å². The third-order valence-electron chi connectivity index (χ3n) is 2.73. The predicted octanol–water partition coefficient (Wildman–Crippen LogP) is 3.09. The maximum absolute atomic E-state index is 4.40. The zero-order valence-corrected chi connectivity index (χ0v) is 8.44. The molecule has 0 radical (unpaired) electrons. The molecule has 0 aliphatic heterocycles. The Bertz CT molecular complexity index is 590. The first-order chi connectivity index (χ1) is 7.36. The van der Waals surface area contributed by atoms with Crippen molar-refractivity contribution in [3.05, 3.63) is 48.3 Å². The maximum Gasteiger partial charge on any atom is 0.0738 e. The lowest BCUT2D eigenvalue weighted by Crippen LogP contribution is -1.87. The van der Waals surface area contributed by atoms with E-state index in [1.807, 2.05) is 24.5 Å². The van der Waals surface area contributed by atoms with Crippen molar-refractivity contribution in [1.29, 1.82) is 0 Å². The van der Waals surface area contributed by atoms with E-state index in [1.165, 1.54) is 10.9 Å². The lowest BCUT2D eigenvalue weighted by molar-refractivity contribution is 1.36. The molecule has 1 aromatic carbocycles. The second kappa shape index (κ2) is 3.02. The van der Waals surface area contributed by atoms with E-state index >= 15 is 0 Å². The molecule has 0 saturated carbocycles. The molecule has 0 unspecified atom stereocenters. The Morgan fingerprint density at radius 3 is 2.73 bits per heavy atom. The summed E-state index contributed by atoms with van der Waals surface area (Å²) in [5.74, 6) is 0. The van der Waals surface area contributed by atoms with Gasteiger partial charge in [0.2, 0.25) is 0 Å². The molecule has 0 N–H and O–H groups in total. The summed E-state index contributed by atoms with van der Waals surface area (Å²) in [6, 6.07) is 10.2. The molecule has 0 aliphatic carbocycles. The summed E-state index contributed by atoms with van der Waals surface area (Å²) in [6.07, 6.45) is 3.65. The lowest BCUT2D eigenvalue weighted by Gasteiger charge is -2.04. The first kappa shape index (κ1) is 8.36. The van der Waals surface area contributed by atoms with Crippen LogP contribution in [-0.2, 0) is 0 Å². The van der Waals surface area contributed by atoms with Gasteiger partial charge in [0.15, 0.2) is 0 Å². The minimum absolute atomic E-state index is 1.04. The van der Waals surface area contributed by atoms with Gasteiger partial charge >= 0.3 is 0 Å². The number of aryl methyl sites for hydroxylation is 1. The summed E-state index contributed by atoms with van der Waals surface area (Å²) in [5.41, 5.74) is 3.31. The minimum Gasteiger partial charge on any atom is -0.256 e. The van der Waals surface area contributed by atoms with Crippen molar-refractivity contribution in [2.75, 3.05) is 0 Å². The molecule has 2 heterocycles. The highest BCUT2D eigenvalue weighted by atomic mass is 14.7. The van der Waals surface area contributed by atoms with Crippen LogP contribution in [0.15, 0.2) is 42.7 Å². The van der Waals surface area contributed by atoms with Crippen molar-refractivity contribution in [2.45, 2.75) is 6.92 Å². The molecule has 72 valence electrons. The van der Waals surface area contributed by atoms with E-state index in [1.54, 1.807) is 0 Å². The Balaban J connectivity index is 2.60. The predicted molar refractivity (Wildman–Crippen MR) is 61.8 cm³/mol. The van der Waals surface area contributed by atoms with Crippen LogP contribution in [0.4, 0.5) is 0 Å². The van der Waals surface area contributed by atoms with Gasteiger partial charge in [-0.1, -0.05) is 12.1 Å². The normalized spacial score (nSPS) is 11.0. The Morgan fingerprint density at radius 2 is 1.80 bits per heavy atom. The Morgan fingerprint density at radius 1 is 1.00 bits per heavy atom. The van der Waals surface area contributed by atoms with Crippen LogP contribution >= 0.6 is 0 Å². The average molecular weight is 194 g/mol. The summed E-state index contributed by atoms with van der Waals surface area (Å²) >= 11 is 0. The monoisotopic (exact) mass is 194 g/mol. The van der Waals surface area contributed by atoms with Crippen LogP contribution in [0.25, 0.3) is 21.8 Å². The van der Waals surface area contributed by atoms with E-state index in [0.29, 0.717) is 0 Å². The third-order valence-corrected chi connectivity index (χ3v) is 2.73. The second-order valence-electron chi connectivity index (χ2n) is 3.65. The summed E-state index contributed by atoms with van der Waals surface area (Å²) in [6.45, 7) is 2.10. The molecule has 3 aromatic rings. The van der Waals surface area contributed by atoms with Crippen molar-refractivity contribution in [3.8, 4) is 0 Å². The summed E-state index contributed by atoms with van der Waals surface area (Å²) in [5, 5.41) is 2.34. The van der Waals surface area contributed by atoms with Gasteiger partial charge in [0.05, 0.1) is 11.0 Å². The Kier molecular flexibility index (Phi) is 1.68. The highest BCUT2D eigenvalue weighted by molar-refractivity contribution is 5.98. The van der Waals surface area contributed by atoms with Gasteiger partial charge in [-0.05, 0) is 30.7 Å². The van der Waals surface area contributed by atoms with Crippen molar-refractivity contribution < 1.29 is 0 Å². The van der Waals surface area contributed by atoms with E-state index in [4.69, 9.17) is 0 Å². The fraction of sp³-hybridized carbons (Fsp3) is 0.0769. The minimum atomic E-state index is 1.04. The molecule has 0 fully saturated rings. The summed E-state index contributed by atoms with van der Waals surface area (Å²) in [4.78, 5) is 8.77. The number of pyridine rings is 2. The van der Waals surface area contributed by atoms with Gasteiger partial charge < -0.3 is 0 Å². The van der Waals surface area contributed by atoms with Crippen LogP contribution in [0.5, 0.6) is 0 Å². The summed E-state index contributed by atoms with van der Waals surface area (Å²) in [7, 11) is 0. The molecular weight excluding hydrogens is 184 g/mol. The Labute approximate surface area is 87.6 Å². The molecule has 0 amide bonds. The van der Waals surface area contributed by atoms with E-state index in [2.05, 4.69) is 35.1 Å². The van der Waals surface area contributed by atoms with E-state index in [9.17, 15) is 0 Å².